The SMILES string of the molecule is CCCC(C)(CCc1ccccc1)C(Cc1ccccc1)C(=O)O. The number of carbonyl (C=O) groups is 1. The molecule has 2 aromatic carbocycles. The standard InChI is InChI=1S/C22H28O2/c1-3-15-22(2,16-14-18-10-6-4-7-11-18)20(21(23)24)17-19-12-8-5-9-13-19/h4-13,20H,3,14-17H2,1-2H3,(H,23,24). The highest BCUT2D eigenvalue weighted by Crippen LogP contribution is 2.39. The van der Waals surface area contributed by atoms with E-state index in [1.807, 2.05) is 48.5 Å². The van der Waals surface area contributed by atoms with Gasteiger partial charge in [0.15, 0.2) is 0 Å². The average Bonchev–Trinajstić information content (AvgIpc) is 2.60. The number of rotatable bonds is 9. The quantitative estimate of drug-likeness (QED) is 0.673. The number of carboxylic acids is 1. The summed E-state index contributed by atoms with van der Waals surface area (Å²) in [5.74, 6) is -1.04. The van der Waals surface area contributed by atoms with Crippen LogP contribution >= 0.6 is 0 Å². The highest BCUT2D eigenvalue weighted by molar-refractivity contribution is 5.71. The van der Waals surface area contributed by atoms with Gasteiger partial charge in [-0.2, -0.15) is 0 Å². The number of aliphatic carboxylic acids is 1. The van der Waals surface area contributed by atoms with Crippen molar-refractivity contribution in [1.29, 1.82) is 0 Å². The van der Waals surface area contributed by atoms with Crippen molar-refractivity contribution in [3.05, 3.63) is 71.8 Å². The Bertz CT molecular complexity index is 621. The molecule has 0 fully saturated rings. The predicted molar refractivity (Wildman–Crippen MR) is 99.0 cm³/mol. The first-order chi connectivity index (χ1) is 11.5. The fraction of sp³-hybridized carbons (Fsp3) is 0.409. The largest absolute Gasteiger partial charge is 0.481 e. The minimum atomic E-state index is -0.678. The zero-order valence-electron chi connectivity index (χ0n) is 14.7. The van der Waals surface area contributed by atoms with Gasteiger partial charge in [0.05, 0.1) is 5.92 Å². The van der Waals surface area contributed by atoms with Gasteiger partial charge in [-0.1, -0.05) is 80.9 Å². The summed E-state index contributed by atoms with van der Waals surface area (Å²) in [7, 11) is 0. The van der Waals surface area contributed by atoms with Crippen LogP contribution in [0.2, 0.25) is 0 Å². The van der Waals surface area contributed by atoms with Crippen molar-refractivity contribution >= 4 is 5.97 Å². The molecular formula is C22H28O2. The summed E-state index contributed by atoms with van der Waals surface area (Å²) in [6.07, 6.45) is 4.36. The molecule has 0 aliphatic rings. The lowest BCUT2D eigenvalue weighted by molar-refractivity contribution is -0.146. The van der Waals surface area contributed by atoms with Crippen LogP contribution < -0.4 is 0 Å². The molecule has 0 bridgehead atoms. The zero-order chi connectivity index (χ0) is 17.4. The lowest BCUT2D eigenvalue weighted by Gasteiger charge is -2.36. The molecule has 2 nitrogen and oxygen atoms in total. The Kier molecular flexibility index (Phi) is 6.60. The van der Waals surface area contributed by atoms with E-state index in [0.717, 1.165) is 31.2 Å². The van der Waals surface area contributed by atoms with Gasteiger partial charge in [0, 0.05) is 0 Å². The lowest BCUT2D eigenvalue weighted by Crippen LogP contribution is -2.35. The van der Waals surface area contributed by atoms with Crippen LogP contribution in [0, 0.1) is 11.3 Å². The maximum atomic E-state index is 12.0. The summed E-state index contributed by atoms with van der Waals surface area (Å²) in [5, 5.41) is 9.89. The summed E-state index contributed by atoms with van der Waals surface area (Å²) >= 11 is 0. The Morgan fingerprint density at radius 3 is 2.00 bits per heavy atom. The Hall–Kier alpha value is -2.09. The van der Waals surface area contributed by atoms with Gasteiger partial charge >= 0.3 is 5.97 Å². The third-order valence-electron chi connectivity index (χ3n) is 5.07. The van der Waals surface area contributed by atoms with Crippen molar-refractivity contribution in [2.75, 3.05) is 0 Å². The van der Waals surface area contributed by atoms with Gasteiger partial charge in [-0.3, -0.25) is 4.79 Å². The lowest BCUT2D eigenvalue weighted by atomic mass is 9.68. The summed E-state index contributed by atoms with van der Waals surface area (Å²) in [6.45, 7) is 4.30. The third-order valence-corrected chi connectivity index (χ3v) is 5.07. The molecule has 0 spiro atoms. The first-order valence-corrected chi connectivity index (χ1v) is 8.86. The highest BCUT2D eigenvalue weighted by atomic mass is 16.4. The molecule has 0 aliphatic heterocycles. The average molecular weight is 324 g/mol. The maximum Gasteiger partial charge on any atom is 0.307 e. The number of hydrogen-bond acceptors (Lipinski definition) is 1. The van der Waals surface area contributed by atoms with E-state index in [-0.39, 0.29) is 11.3 Å². The molecule has 24 heavy (non-hydrogen) atoms. The predicted octanol–water partition coefficient (Wildman–Crippen LogP) is 5.37. The van der Waals surface area contributed by atoms with E-state index >= 15 is 0 Å². The van der Waals surface area contributed by atoms with Crippen LogP contribution in [0.25, 0.3) is 0 Å². The van der Waals surface area contributed by atoms with Crippen molar-refractivity contribution in [2.24, 2.45) is 11.3 Å². The van der Waals surface area contributed by atoms with E-state index < -0.39 is 5.97 Å². The van der Waals surface area contributed by atoms with E-state index in [0.29, 0.717) is 6.42 Å². The zero-order valence-corrected chi connectivity index (χ0v) is 14.7. The summed E-state index contributed by atoms with van der Waals surface area (Å²) in [5.41, 5.74) is 2.18. The van der Waals surface area contributed by atoms with Crippen LogP contribution in [0.15, 0.2) is 60.7 Å². The van der Waals surface area contributed by atoms with Gasteiger partial charge in [-0.05, 0) is 42.2 Å². The summed E-state index contributed by atoms with van der Waals surface area (Å²) in [6, 6.07) is 20.4. The Morgan fingerprint density at radius 2 is 1.50 bits per heavy atom. The number of aryl methyl sites for hydroxylation is 1. The molecule has 1 N–H and O–H groups in total. The van der Waals surface area contributed by atoms with Crippen LogP contribution in [0.3, 0.4) is 0 Å². The molecule has 128 valence electrons. The van der Waals surface area contributed by atoms with Crippen molar-refractivity contribution in [3.63, 3.8) is 0 Å². The minimum Gasteiger partial charge on any atom is -0.481 e. The first-order valence-electron chi connectivity index (χ1n) is 8.86. The molecule has 0 radical (unpaired) electrons. The van der Waals surface area contributed by atoms with Gasteiger partial charge in [-0.15, -0.1) is 0 Å². The molecule has 2 heteroatoms. The van der Waals surface area contributed by atoms with E-state index in [1.54, 1.807) is 0 Å². The van der Waals surface area contributed by atoms with E-state index in [9.17, 15) is 9.90 Å². The Morgan fingerprint density at radius 1 is 0.958 bits per heavy atom. The Balaban J connectivity index is 2.18. The maximum absolute atomic E-state index is 12.0. The molecule has 2 rings (SSSR count). The van der Waals surface area contributed by atoms with Crippen molar-refractivity contribution in [3.8, 4) is 0 Å². The third kappa shape index (κ3) is 4.95. The number of benzene rings is 2. The van der Waals surface area contributed by atoms with Crippen LogP contribution in [0.4, 0.5) is 0 Å². The van der Waals surface area contributed by atoms with Crippen LogP contribution in [0.5, 0.6) is 0 Å². The van der Waals surface area contributed by atoms with Crippen LogP contribution in [-0.2, 0) is 17.6 Å². The van der Waals surface area contributed by atoms with Crippen LogP contribution in [0.1, 0.15) is 44.2 Å². The monoisotopic (exact) mass is 324 g/mol. The van der Waals surface area contributed by atoms with Crippen molar-refractivity contribution in [2.45, 2.75) is 46.0 Å². The molecule has 0 saturated heterocycles. The molecule has 0 amide bonds. The van der Waals surface area contributed by atoms with Crippen LogP contribution in [-0.4, -0.2) is 11.1 Å². The second-order valence-electron chi connectivity index (χ2n) is 6.97. The second-order valence-corrected chi connectivity index (χ2v) is 6.97. The van der Waals surface area contributed by atoms with Gasteiger partial charge in [0.2, 0.25) is 0 Å². The fourth-order valence-electron chi connectivity index (χ4n) is 3.60. The molecule has 0 saturated carbocycles. The van der Waals surface area contributed by atoms with E-state index in [4.69, 9.17) is 0 Å². The molecule has 2 unspecified atom stereocenters. The molecular weight excluding hydrogens is 296 g/mol. The molecule has 2 atom stereocenters. The second kappa shape index (κ2) is 8.68. The molecule has 2 aromatic rings. The molecule has 0 aromatic heterocycles. The summed E-state index contributed by atoms with van der Waals surface area (Å²) < 4.78 is 0. The normalized spacial score (nSPS) is 14.8. The fourth-order valence-corrected chi connectivity index (χ4v) is 3.60. The van der Waals surface area contributed by atoms with Gasteiger partial charge < -0.3 is 5.11 Å². The molecule has 0 heterocycles. The number of hydrogen-bond donors (Lipinski definition) is 1. The summed E-state index contributed by atoms with van der Waals surface area (Å²) in [4.78, 5) is 12.0. The minimum absolute atomic E-state index is 0.202. The van der Waals surface area contributed by atoms with E-state index in [1.165, 1.54) is 5.56 Å². The van der Waals surface area contributed by atoms with Gasteiger partial charge in [0.1, 0.15) is 0 Å². The van der Waals surface area contributed by atoms with Crippen molar-refractivity contribution < 1.29 is 9.90 Å². The van der Waals surface area contributed by atoms with Gasteiger partial charge in [-0.25, -0.2) is 0 Å². The van der Waals surface area contributed by atoms with Gasteiger partial charge in [0.25, 0.3) is 0 Å². The highest BCUT2D eigenvalue weighted by Gasteiger charge is 2.38. The molecule has 0 aliphatic carbocycles. The van der Waals surface area contributed by atoms with Crippen molar-refractivity contribution in [1.82, 2.24) is 0 Å². The van der Waals surface area contributed by atoms with E-state index in [2.05, 4.69) is 26.0 Å². The smallest absolute Gasteiger partial charge is 0.307 e. The first kappa shape index (κ1) is 18.3. The topological polar surface area (TPSA) is 37.3 Å². The number of carboxylic acid groups (broad SMARTS) is 1. The Labute approximate surface area is 145 Å².